The van der Waals surface area contributed by atoms with Gasteiger partial charge in [0.25, 0.3) is 0 Å². The third-order valence-corrected chi connectivity index (χ3v) is 5.44. The van der Waals surface area contributed by atoms with Crippen molar-refractivity contribution in [2.75, 3.05) is 38.2 Å². The maximum Gasteiger partial charge on any atom is 0.186 e. The SMILES string of the molecule is COc1ccc2c(c1)-c1nc(N3CCNCC3)sc1CC2. The van der Waals surface area contributed by atoms with Crippen LogP contribution in [0.25, 0.3) is 11.3 Å². The number of hydrogen-bond acceptors (Lipinski definition) is 5. The van der Waals surface area contributed by atoms with Gasteiger partial charge in [-0.3, -0.25) is 0 Å². The molecule has 4 rings (SSSR count). The second-order valence-electron chi connectivity index (χ2n) is 5.53. The number of methoxy groups -OCH3 is 1. The fourth-order valence-electron chi connectivity index (χ4n) is 3.08. The molecule has 0 amide bonds. The highest BCUT2D eigenvalue weighted by Gasteiger charge is 2.24. The molecule has 0 saturated carbocycles. The van der Waals surface area contributed by atoms with E-state index < -0.39 is 0 Å². The van der Waals surface area contributed by atoms with E-state index in [1.54, 1.807) is 7.11 Å². The molecule has 0 bridgehead atoms. The predicted molar refractivity (Wildman–Crippen MR) is 86.6 cm³/mol. The smallest absolute Gasteiger partial charge is 0.186 e. The summed E-state index contributed by atoms with van der Waals surface area (Å²) in [5.41, 5.74) is 3.82. The van der Waals surface area contributed by atoms with Crippen LogP contribution in [0.5, 0.6) is 5.75 Å². The number of aryl methyl sites for hydroxylation is 2. The first-order valence-electron chi connectivity index (χ1n) is 7.48. The van der Waals surface area contributed by atoms with Crippen molar-refractivity contribution in [3.05, 3.63) is 28.6 Å². The number of thiazole rings is 1. The van der Waals surface area contributed by atoms with Gasteiger partial charge < -0.3 is 15.0 Å². The van der Waals surface area contributed by atoms with Crippen molar-refractivity contribution in [1.29, 1.82) is 0 Å². The van der Waals surface area contributed by atoms with Gasteiger partial charge in [0.05, 0.1) is 12.8 Å². The van der Waals surface area contributed by atoms with Crippen LogP contribution in [0.3, 0.4) is 0 Å². The maximum absolute atomic E-state index is 5.38. The van der Waals surface area contributed by atoms with Gasteiger partial charge in [0.15, 0.2) is 5.13 Å². The van der Waals surface area contributed by atoms with Crippen LogP contribution in [0.4, 0.5) is 5.13 Å². The van der Waals surface area contributed by atoms with Crippen LogP contribution in [-0.2, 0) is 12.8 Å². The molecule has 21 heavy (non-hydrogen) atoms. The summed E-state index contributed by atoms with van der Waals surface area (Å²) in [4.78, 5) is 8.78. The Balaban J connectivity index is 1.74. The molecule has 2 aliphatic rings. The zero-order valence-corrected chi connectivity index (χ0v) is 13.0. The number of rotatable bonds is 2. The third-order valence-electron chi connectivity index (χ3n) is 4.27. The van der Waals surface area contributed by atoms with E-state index in [1.807, 2.05) is 17.4 Å². The molecule has 5 heteroatoms. The fourth-order valence-corrected chi connectivity index (χ4v) is 4.21. The molecule has 1 aromatic heterocycles. The molecule has 0 radical (unpaired) electrons. The number of ether oxygens (including phenoxy) is 1. The number of aromatic nitrogens is 1. The van der Waals surface area contributed by atoms with E-state index in [0.29, 0.717) is 0 Å². The second-order valence-corrected chi connectivity index (χ2v) is 6.59. The van der Waals surface area contributed by atoms with Crippen LogP contribution >= 0.6 is 11.3 Å². The molecule has 0 unspecified atom stereocenters. The van der Waals surface area contributed by atoms with Gasteiger partial charge in [0.2, 0.25) is 0 Å². The van der Waals surface area contributed by atoms with Gasteiger partial charge in [-0.2, -0.15) is 0 Å². The normalized spacial score (nSPS) is 17.3. The lowest BCUT2D eigenvalue weighted by Gasteiger charge is -2.26. The Bertz CT molecular complexity index is 662. The Morgan fingerprint density at radius 3 is 2.90 bits per heavy atom. The fraction of sp³-hybridized carbons (Fsp3) is 0.438. The molecular formula is C16H19N3OS. The van der Waals surface area contributed by atoms with Crippen LogP contribution in [0.1, 0.15) is 10.4 Å². The van der Waals surface area contributed by atoms with Crippen LogP contribution in [0.2, 0.25) is 0 Å². The molecule has 0 spiro atoms. The second kappa shape index (κ2) is 5.31. The predicted octanol–water partition coefficient (Wildman–Crippen LogP) is 2.33. The molecule has 1 saturated heterocycles. The highest BCUT2D eigenvalue weighted by atomic mass is 32.1. The summed E-state index contributed by atoms with van der Waals surface area (Å²) in [6, 6.07) is 6.36. The number of anilines is 1. The van der Waals surface area contributed by atoms with E-state index in [-0.39, 0.29) is 0 Å². The molecule has 2 heterocycles. The van der Waals surface area contributed by atoms with Crippen molar-refractivity contribution in [2.45, 2.75) is 12.8 Å². The zero-order valence-electron chi connectivity index (χ0n) is 12.2. The molecule has 1 fully saturated rings. The summed E-state index contributed by atoms with van der Waals surface area (Å²) < 4.78 is 5.38. The Morgan fingerprint density at radius 1 is 1.24 bits per heavy atom. The van der Waals surface area contributed by atoms with E-state index in [1.165, 1.54) is 26.8 Å². The van der Waals surface area contributed by atoms with Crippen molar-refractivity contribution in [3.8, 4) is 17.0 Å². The number of benzene rings is 1. The first-order valence-corrected chi connectivity index (χ1v) is 8.29. The number of nitrogens with one attached hydrogen (secondary N) is 1. The molecule has 0 atom stereocenters. The standard InChI is InChI=1S/C16H19N3OS/c1-20-12-4-2-11-3-5-14-15(13(11)10-12)18-16(21-14)19-8-6-17-7-9-19/h2,4,10,17H,3,5-9H2,1H3. The Labute approximate surface area is 128 Å². The molecule has 1 aliphatic carbocycles. The van der Waals surface area contributed by atoms with E-state index in [0.717, 1.165) is 44.8 Å². The summed E-state index contributed by atoms with van der Waals surface area (Å²) in [6.45, 7) is 4.21. The highest BCUT2D eigenvalue weighted by Crippen LogP contribution is 2.40. The van der Waals surface area contributed by atoms with Crippen LogP contribution in [0.15, 0.2) is 18.2 Å². The number of fused-ring (bicyclic) bond motifs is 3. The van der Waals surface area contributed by atoms with Gasteiger partial charge in [-0.25, -0.2) is 4.98 Å². The minimum absolute atomic E-state index is 0.915. The summed E-state index contributed by atoms with van der Waals surface area (Å²) in [5.74, 6) is 0.915. The first-order chi connectivity index (χ1) is 10.3. The van der Waals surface area contributed by atoms with Gasteiger partial charge in [-0.05, 0) is 30.5 Å². The van der Waals surface area contributed by atoms with Crippen molar-refractivity contribution in [2.24, 2.45) is 0 Å². The molecule has 1 N–H and O–H groups in total. The van der Waals surface area contributed by atoms with E-state index >= 15 is 0 Å². The summed E-state index contributed by atoms with van der Waals surface area (Å²) in [6.07, 6.45) is 2.22. The van der Waals surface area contributed by atoms with Gasteiger partial charge >= 0.3 is 0 Å². The topological polar surface area (TPSA) is 37.4 Å². The van der Waals surface area contributed by atoms with Crippen LogP contribution < -0.4 is 15.0 Å². The van der Waals surface area contributed by atoms with E-state index in [4.69, 9.17) is 9.72 Å². The van der Waals surface area contributed by atoms with Gasteiger partial charge in [0.1, 0.15) is 5.75 Å². The number of nitrogens with zero attached hydrogens (tertiary/aromatic N) is 2. The van der Waals surface area contributed by atoms with E-state index in [2.05, 4.69) is 22.3 Å². The Hall–Kier alpha value is -1.59. The average Bonchev–Trinajstić information content (AvgIpc) is 3.00. The molecule has 110 valence electrons. The van der Waals surface area contributed by atoms with Gasteiger partial charge in [-0.15, -0.1) is 11.3 Å². The summed E-state index contributed by atoms with van der Waals surface area (Å²) >= 11 is 1.87. The largest absolute Gasteiger partial charge is 0.497 e. The lowest BCUT2D eigenvalue weighted by Crippen LogP contribution is -2.43. The monoisotopic (exact) mass is 301 g/mol. The molecule has 2 aromatic rings. The van der Waals surface area contributed by atoms with Gasteiger partial charge in [-0.1, -0.05) is 6.07 Å². The molecular weight excluding hydrogens is 282 g/mol. The van der Waals surface area contributed by atoms with Crippen molar-refractivity contribution in [3.63, 3.8) is 0 Å². The van der Waals surface area contributed by atoms with Crippen molar-refractivity contribution < 1.29 is 4.74 Å². The lowest BCUT2D eigenvalue weighted by molar-refractivity contribution is 0.415. The zero-order chi connectivity index (χ0) is 14.2. The minimum atomic E-state index is 0.915. The third kappa shape index (κ3) is 2.30. The Kier molecular flexibility index (Phi) is 3.31. The summed E-state index contributed by atoms with van der Waals surface area (Å²) in [5, 5.41) is 4.57. The van der Waals surface area contributed by atoms with Gasteiger partial charge in [0, 0.05) is 36.6 Å². The highest BCUT2D eigenvalue weighted by molar-refractivity contribution is 7.16. The lowest BCUT2D eigenvalue weighted by atomic mass is 9.93. The average molecular weight is 301 g/mol. The number of hydrogen-bond donors (Lipinski definition) is 1. The van der Waals surface area contributed by atoms with E-state index in [9.17, 15) is 0 Å². The molecule has 4 nitrogen and oxygen atoms in total. The molecule has 1 aliphatic heterocycles. The minimum Gasteiger partial charge on any atom is -0.497 e. The van der Waals surface area contributed by atoms with Crippen molar-refractivity contribution in [1.82, 2.24) is 10.3 Å². The van der Waals surface area contributed by atoms with Crippen LogP contribution in [-0.4, -0.2) is 38.3 Å². The van der Waals surface area contributed by atoms with Crippen molar-refractivity contribution >= 4 is 16.5 Å². The summed E-state index contributed by atoms with van der Waals surface area (Å²) in [7, 11) is 1.72. The van der Waals surface area contributed by atoms with Crippen LogP contribution in [0, 0.1) is 0 Å². The number of piperazine rings is 1. The molecule has 1 aromatic carbocycles. The quantitative estimate of drug-likeness (QED) is 0.924. The first kappa shape index (κ1) is 13.1. The maximum atomic E-state index is 5.38. The Morgan fingerprint density at radius 2 is 2.10 bits per heavy atom.